The van der Waals surface area contributed by atoms with Crippen molar-refractivity contribution >= 4 is 5.91 Å². The largest absolute Gasteiger partial charge is 0.492 e. The monoisotopic (exact) mass is 345 g/mol. The third-order valence-electron chi connectivity index (χ3n) is 4.15. The Bertz CT molecular complexity index is 713. The third kappa shape index (κ3) is 4.57. The Kier molecular flexibility index (Phi) is 5.65. The molecule has 25 heavy (non-hydrogen) atoms. The molecule has 0 aliphatic carbocycles. The minimum atomic E-state index is -1.57. The lowest BCUT2D eigenvalue weighted by Gasteiger charge is -2.19. The summed E-state index contributed by atoms with van der Waals surface area (Å²) in [5.74, 6) is 0.0492. The van der Waals surface area contributed by atoms with Gasteiger partial charge in [-0.2, -0.15) is 5.10 Å². The summed E-state index contributed by atoms with van der Waals surface area (Å²) in [6, 6.07) is 8.50. The van der Waals surface area contributed by atoms with Gasteiger partial charge in [-0.3, -0.25) is 14.4 Å². The molecule has 133 valence electrons. The fourth-order valence-electron chi connectivity index (χ4n) is 2.83. The first kappa shape index (κ1) is 17.4. The van der Waals surface area contributed by atoms with Crippen LogP contribution in [0.4, 0.5) is 4.39 Å². The average molecular weight is 345 g/mol. The molecule has 1 fully saturated rings. The van der Waals surface area contributed by atoms with Crippen LogP contribution in [0.2, 0.25) is 0 Å². The average Bonchev–Trinajstić information content (AvgIpc) is 3.30. The van der Waals surface area contributed by atoms with Crippen LogP contribution in [0.25, 0.3) is 11.1 Å². The maximum atomic E-state index is 14.0. The summed E-state index contributed by atoms with van der Waals surface area (Å²) < 4.78 is 21.3. The number of amides is 1. The number of aromatic nitrogens is 2. The summed E-state index contributed by atoms with van der Waals surface area (Å²) in [6.07, 6.45) is 4.01. The van der Waals surface area contributed by atoms with Crippen molar-refractivity contribution in [1.82, 2.24) is 20.0 Å². The van der Waals surface area contributed by atoms with E-state index in [0.29, 0.717) is 18.8 Å². The zero-order valence-corrected chi connectivity index (χ0v) is 14.2. The number of rotatable bonds is 7. The van der Waals surface area contributed by atoms with Gasteiger partial charge in [0.25, 0.3) is 5.91 Å². The maximum Gasteiger partial charge on any atom is 0.270 e. The highest BCUT2D eigenvalue weighted by atomic mass is 19.1. The van der Waals surface area contributed by atoms with Crippen LogP contribution in [-0.4, -0.2) is 53.1 Å². The number of benzene rings is 1. The second-order valence-electron chi connectivity index (χ2n) is 6.08. The van der Waals surface area contributed by atoms with Gasteiger partial charge in [0.2, 0.25) is 6.30 Å². The van der Waals surface area contributed by atoms with E-state index < -0.39 is 12.2 Å². The van der Waals surface area contributed by atoms with Crippen LogP contribution in [0.1, 0.15) is 12.8 Å². The lowest BCUT2D eigenvalue weighted by Crippen LogP contribution is -2.44. The molecular formula is C18H22FN4O2. The molecule has 1 aliphatic heterocycles. The van der Waals surface area contributed by atoms with Crippen molar-refractivity contribution in [2.45, 2.75) is 19.1 Å². The number of alkyl halides is 1. The van der Waals surface area contributed by atoms with Crippen molar-refractivity contribution in [3.8, 4) is 16.9 Å². The number of carbonyl (C=O) groups is 1. The summed E-state index contributed by atoms with van der Waals surface area (Å²) >= 11 is 0. The molecule has 2 heterocycles. The Morgan fingerprint density at radius 2 is 2.20 bits per heavy atom. The Morgan fingerprint density at radius 3 is 2.92 bits per heavy atom. The van der Waals surface area contributed by atoms with Crippen molar-refractivity contribution in [3.63, 3.8) is 0 Å². The van der Waals surface area contributed by atoms with E-state index in [9.17, 15) is 9.18 Å². The molecule has 0 saturated carbocycles. The highest BCUT2D eigenvalue weighted by Crippen LogP contribution is 2.22. The number of carbonyl (C=O) groups excluding carboxylic acids is 1. The maximum absolute atomic E-state index is 14.0. The summed E-state index contributed by atoms with van der Waals surface area (Å²) in [6.45, 7) is 1.80. The number of halogens is 1. The molecule has 3 rings (SSSR count). The van der Waals surface area contributed by atoms with Gasteiger partial charge in [0.05, 0.1) is 12.7 Å². The normalized spacial score (nSPS) is 15.9. The van der Waals surface area contributed by atoms with Crippen LogP contribution < -0.4 is 10.1 Å². The minimum absolute atomic E-state index is 0.254. The molecule has 0 spiro atoms. The zero-order valence-electron chi connectivity index (χ0n) is 14.2. The predicted octanol–water partition coefficient (Wildman–Crippen LogP) is 1.77. The Morgan fingerprint density at radius 1 is 1.40 bits per heavy atom. The molecule has 0 bridgehead atoms. The van der Waals surface area contributed by atoms with E-state index in [1.807, 2.05) is 25.4 Å². The summed E-state index contributed by atoms with van der Waals surface area (Å²) in [4.78, 5) is 13.3. The fourth-order valence-corrected chi connectivity index (χ4v) is 2.83. The number of likely N-dealkylation sites (tertiary alicyclic amines) is 1. The van der Waals surface area contributed by atoms with E-state index in [1.165, 1.54) is 0 Å². The molecule has 1 atom stereocenters. The van der Waals surface area contributed by atoms with Gasteiger partial charge in [-0.1, -0.05) is 0 Å². The van der Waals surface area contributed by atoms with Crippen LogP contribution in [0.5, 0.6) is 5.75 Å². The Hall–Kier alpha value is -2.41. The van der Waals surface area contributed by atoms with Gasteiger partial charge in [-0.05, 0) is 42.7 Å². The molecule has 1 amide bonds. The van der Waals surface area contributed by atoms with E-state index in [0.717, 1.165) is 24.0 Å². The predicted molar refractivity (Wildman–Crippen MR) is 91.7 cm³/mol. The van der Waals surface area contributed by atoms with Crippen molar-refractivity contribution in [3.05, 3.63) is 36.7 Å². The number of aryl methyl sites for hydroxylation is 1. The SMILES string of the molecule is Cn1cc(-c2c[c]cc(OCCNC(=O)C(F)N3CCCC3)c2)cn1. The zero-order chi connectivity index (χ0) is 17.6. The van der Waals surface area contributed by atoms with Crippen LogP contribution in [0.3, 0.4) is 0 Å². The first-order valence-corrected chi connectivity index (χ1v) is 8.42. The third-order valence-corrected chi connectivity index (χ3v) is 4.15. The molecule has 6 nitrogen and oxygen atoms in total. The molecule has 1 saturated heterocycles. The summed E-state index contributed by atoms with van der Waals surface area (Å²) in [5.41, 5.74) is 1.93. The quantitative estimate of drug-likeness (QED) is 0.614. The first-order chi connectivity index (χ1) is 12.1. The Labute approximate surface area is 146 Å². The first-order valence-electron chi connectivity index (χ1n) is 8.42. The number of hydrogen-bond donors (Lipinski definition) is 1. The van der Waals surface area contributed by atoms with Gasteiger partial charge in [-0.25, -0.2) is 4.39 Å². The molecule has 7 heteroatoms. The van der Waals surface area contributed by atoms with Crippen LogP contribution in [0.15, 0.2) is 30.6 Å². The molecule has 1 N–H and O–H groups in total. The summed E-state index contributed by atoms with van der Waals surface area (Å²) in [5, 5.41) is 6.72. The van der Waals surface area contributed by atoms with E-state index in [4.69, 9.17) is 4.74 Å². The van der Waals surface area contributed by atoms with E-state index in [2.05, 4.69) is 16.5 Å². The Balaban J connectivity index is 1.45. The highest BCUT2D eigenvalue weighted by Gasteiger charge is 2.27. The number of hydrogen-bond acceptors (Lipinski definition) is 4. The van der Waals surface area contributed by atoms with Gasteiger partial charge < -0.3 is 10.1 Å². The smallest absolute Gasteiger partial charge is 0.270 e. The van der Waals surface area contributed by atoms with Gasteiger partial charge in [-0.15, -0.1) is 0 Å². The van der Waals surface area contributed by atoms with Crippen LogP contribution in [-0.2, 0) is 11.8 Å². The van der Waals surface area contributed by atoms with Gasteiger partial charge in [0, 0.05) is 31.9 Å². The molecule has 1 aromatic heterocycles. The fraction of sp³-hybridized carbons (Fsp3) is 0.444. The number of ether oxygens (including phenoxy) is 1. The molecule has 1 aromatic carbocycles. The van der Waals surface area contributed by atoms with E-state index >= 15 is 0 Å². The molecule has 1 radical (unpaired) electrons. The van der Waals surface area contributed by atoms with Crippen molar-refractivity contribution in [2.24, 2.45) is 7.05 Å². The molecule has 1 aliphatic rings. The summed E-state index contributed by atoms with van der Waals surface area (Å²) in [7, 11) is 1.86. The van der Waals surface area contributed by atoms with Gasteiger partial charge in [0.15, 0.2) is 0 Å². The molecule has 2 aromatic rings. The van der Waals surface area contributed by atoms with Crippen LogP contribution >= 0.6 is 0 Å². The van der Waals surface area contributed by atoms with Crippen molar-refractivity contribution in [2.75, 3.05) is 26.2 Å². The van der Waals surface area contributed by atoms with Crippen LogP contribution in [0, 0.1) is 6.07 Å². The minimum Gasteiger partial charge on any atom is -0.492 e. The van der Waals surface area contributed by atoms with E-state index in [-0.39, 0.29) is 13.2 Å². The molecular weight excluding hydrogens is 323 g/mol. The number of nitrogens with zero attached hydrogens (tertiary/aromatic N) is 3. The second-order valence-corrected chi connectivity index (χ2v) is 6.08. The molecule has 1 unspecified atom stereocenters. The second kappa shape index (κ2) is 8.11. The lowest BCUT2D eigenvalue weighted by molar-refractivity contribution is -0.132. The topological polar surface area (TPSA) is 59.4 Å². The lowest BCUT2D eigenvalue weighted by atomic mass is 10.1. The van der Waals surface area contributed by atoms with Gasteiger partial charge >= 0.3 is 0 Å². The van der Waals surface area contributed by atoms with Crippen molar-refractivity contribution in [1.29, 1.82) is 0 Å². The van der Waals surface area contributed by atoms with Crippen molar-refractivity contribution < 1.29 is 13.9 Å². The van der Waals surface area contributed by atoms with E-state index in [1.54, 1.807) is 21.8 Å². The standard InChI is InChI=1S/C18H22FN4O2/c1-22-13-15(12-21-22)14-5-4-6-16(11-14)25-10-7-20-18(24)17(19)23-8-2-3-9-23/h5-6,11-13,17H,2-3,7-10H2,1H3,(H,20,24). The van der Waals surface area contributed by atoms with Gasteiger partial charge in [0.1, 0.15) is 12.4 Å². The highest BCUT2D eigenvalue weighted by molar-refractivity contribution is 5.80. The number of nitrogens with one attached hydrogen (secondary N) is 1.